The number of carbonyl (C=O) groups excluding carboxylic acids is 1. The van der Waals surface area contributed by atoms with E-state index in [1.54, 1.807) is 4.90 Å². The third-order valence-corrected chi connectivity index (χ3v) is 5.41. The number of likely N-dealkylation sites (N-methyl/N-ethyl adjacent to an activating group) is 1. The van der Waals surface area contributed by atoms with Crippen LogP contribution in [0.15, 0.2) is 22.7 Å². The van der Waals surface area contributed by atoms with Gasteiger partial charge in [-0.2, -0.15) is 0 Å². The number of hydrogen-bond donors (Lipinski definition) is 2. The quantitative estimate of drug-likeness (QED) is 0.786. The van der Waals surface area contributed by atoms with Crippen molar-refractivity contribution < 1.29 is 14.7 Å². The first-order chi connectivity index (χ1) is 12.3. The summed E-state index contributed by atoms with van der Waals surface area (Å²) in [7, 11) is 1.45. The summed E-state index contributed by atoms with van der Waals surface area (Å²) in [6.07, 6.45) is 0.592. The number of carboxylic acid groups (broad SMARTS) is 1. The molecule has 7 nitrogen and oxygen atoms in total. The van der Waals surface area contributed by atoms with Crippen molar-refractivity contribution in [2.45, 2.75) is 38.8 Å². The van der Waals surface area contributed by atoms with Gasteiger partial charge < -0.3 is 15.0 Å². The van der Waals surface area contributed by atoms with Gasteiger partial charge in [0.05, 0.1) is 17.1 Å². The Bertz CT molecular complexity index is 835. The van der Waals surface area contributed by atoms with Crippen molar-refractivity contribution >= 4 is 39.0 Å². The number of H-pyrrole nitrogens is 1. The lowest BCUT2D eigenvalue weighted by molar-refractivity contribution is -0.138. The number of benzene rings is 1. The van der Waals surface area contributed by atoms with Gasteiger partial charge in [-0.3, -0.25) is 9.69 Å². The third-order valence-electron chi connectivity index (χ3n) is 4.92. The fraction of sp³-hybridized carbons (Fsp3) is 0.500. The largest absolute Gasteiger partial charge is 0.465 e. The number of fused-ring (bicyclic) bond motifs is 1. The first-order valence-electron chi connectivity index (χ1n) is 8.71. The molecule has 1 fully saturated rings. The van der Waals surface area contributed by atoms with E-state index in [-0.39, 0.29) is 17.9 Å². The van der Waals surface area contributed by atoms with Crippen LogP contribution in [0, 0.1) is 5.92 Å². The number of nitrogens with one attached hydrogen (secondary N) is 1. The molecule has 1 aliphatic rings. The minimum absolute atomic E-state index is 0.114. The highest BCUT2D eigenvalue weighted by molar-refractivity contribution is 9.10. The molecule has 1 aromatic carbocycles. The van der Waals surface area contributed by atoms with Crippen LogP contribution in [0.4, 0.5) is 4.79 Å². The molecule has 2 aromatic rings. The Morgan fingerprint density at radius 1 is 1.42 bits per heavy atom. The highest BCUT2D eigenvalue weighted by Crippen LogP contribution is 2.33. The number of carbonyl (C=O) groups is 2. The van der Waals surface area contributed by atoms with Crippen molar-refractivity contribution in [3.63, 3.8) is 0 Å². The number of aromatic amines is 1. The van der Waals surface area contributed by atoms with E-state index in [1.807, 2.05) is 32.0 Å². The summed E-state index contributed by atoms with van der Waals surface area (Å²) in [4.78, 5) is 35.4. The van der Waals surface area contributed by atoms with E-state index >= 15 is 0 Å². The number of imidazole rings is 1. The maximum Gasteiger partial charge on any atom is 0.407 e. The molecule has 8 heteroatoms. The molecule has 1 saturated heterocycles. The molecule has 140 valence electrons. The number of rotatable bonds is 4. The second-order valence-electron chi connectivity index (χ2n) is 7.06. The molecule has 26 heavy (non-hydrogen) atoms. The monoisotopic (exact) mass is 422 g/mol. The lowest BCUT2D eigenvalue weighted by atomic mass is 10.0. The van der Waals surface area contributed by atoms with Crippen molar-refractivity contribution in [3.8, 4) is 0 Å². The van der Waals surface area contributed by atoms with Gasteiger partial charge >= 0.3 is 6.09 Å². The van der Waals surface area contributed by atoms with Gasteiger partial charge in [0.15, 0.2) is 0 Å². The Morgan fingerprint density at radius 3 is 2.81 bits per heavy atom. The fourth-order valence-electron chi connectivity index (χ4n) is 3.66. The second-order valence-corrected chi connectivity index (χ2v) is 7.97. The van der Waals surface area contributed by atoms with Crippen LogP contribution in [0.3, 0.4) is 0 Å². The third kappa shape index (κ3) is 3.42. The van der Waals surface area contributed by atoms with Crippen molar-refractivity contribution in [2.24, 2.45) is 5.92 Å². The van der Waals surface area contributed by atoms with Crippen LogP contribution in [-0.2, 0) is 4.79 Å². The van der Waals surface area contributed by atoms with Crippen molar-refractivity contribution in [1.82, 2.24) is 19.8 Å². The van der Waals surface area contributed by atoms with Crippen molar-refractivity contribution in [3.05, 3.63) is 28.5 Å². The predicted octanol–water partition coefficient (Wildman–Crippen LogP) is 3.62. The summed E-state index contributed by atoms with van der Waals surface area (Å²) in [5, 5.41) is 9.33. The molecule has 0 aliphatic carbocycles. The van der Waals surface area contributed by atoms with Crippen molar-refractivity contribution in [2.75, 3.05) is 13.6 Å². The number of aromatic nitrogens is 2. The Balaban J connectivity index is 1.90. The molecule has 2 amide bonds. The molecule has 0 unspecified atom stereocenters. The number of halogens is 1. The zero-order valence-corrected chi connectivity index (χ0v) is 16.7. The van der Waals surface area contributed by atoms with E-state index in [0.29, 0.717) is 6.54 Å². The van der Waals surface area contributed by atoms with Gasteiger partial charge in [-0.25, -0.2) is 9.78 Å². The van der Waals surface area contributed by atoms with E-state index in [1.165, 1.54) is 7.05 Å². The summed E-state index contributed by atoms with van der Waals surface area (Å²) < 4.78 is 0.961. The Labute approximate surface area is 160 Å². The smallest absolute Gasteiger partial charge is 0.407 e. The standard InChI is InChI=1S/C18H23BrN4O3/c1-10(2)15(22(3)18(25)26)17(24)23-8-4-5-14(23)16-20-12-7-6-11(19)9-13(12)21-16/h6-7,9-10,14-15H,4-5,8H2,1-3H3,(H,20,21)(H,25,26)/t14-,15-/m0/s1. The van der Waals surface area contributed by atoms with Gasteiger partial charge in [-0.15, -0.1) is 0 Å². The van der Waals surface area contributed by atoms with E-state index in [2.05, 4.69) is 25.9 Å². The van der Waals surface area contributed by atoms with Gasteiger partial charge in [0, 0.05) is 18.1 Å². The molecular weight excluding hydrogens is 400 g/mol. The van der Waals surface area contributed by atoms with Crippen LogP contribution < -0.4 is 0 Å². The van der Waals surface area contributed by atoms with Crippen molar-refractivity contribution in [1.29, 1.82) is 0 Å². The van der Waals surface area contributed by atoms with Crippen LogP contribution in [-0.4, -0.2) is 56.5 Å². The van der Waals surface area contributed by atoms with Crippen LogP contribution in [0.2, 0.25) is 0 Å². The highest BCUT2D eigenvalue weighted by Gasteiger charge is 2.39. The van der Waals surface area contributed by atoms with Gasteiger partial charge in [0.25, 0.3) is 0 Å². The van der Waals surface area contributed by atoms with Gasteiger partial charge in [-0.1, -0.05) is 29.8 Å². The molecule has 1 aromatic heterocycles. The number of nitrogens with zero attached hydrogens (tertiary/aromatic N) is 3. The normalized spacial score (nSPS) is 18.5. The summed E-state index contributed by atoms with van der Waals surface area (Å²) in [6.45, 7) is 4.35. The summed E-state index contributed by atoms with van der Waals surface area (Å²) in [6, 6.07) is 4.96. The Hall–Kier alpha value is -2.09. The number of amides is 2. The lowest BCUT2D eigenvalue weighted by Crippen LogP contribution is -2.51. The zero-order chi connectivity index (χ0) is 19.0. The van der Waals surface area contributed by atoms with E-state index in [9.17, 15) is 14.7 Å². The molecular formula is C18H23BrN4O3. The van der Waals surface area contributed by atoms with E-state index < -0.39 is 12.1 Å². The van der Waals surface area contributed by atoms with Gasteiger partial charge in [0.1, 0.15) is 11.9 Å². The average Bonchev–Trinajstić information content (AvgIpc) is 3.19. The molecule has 2 N–H and O–H groups in total. The fourth-order valence-corrected chi connectivity index (χ4v) is 4.02. The first kappa shape index (κ1) is 18.7. The van der Waals surface area contributed by atoms with Crippen LogP contribution in [0.25, 0.3) is 11.0 Å². The Kier molecular flexibility index (Phi) is 5.22. The molecule has 2 heterocycles. The minimum Gasteiger partial charge on any atom is -0.465 e. The average molecular weight is 423 g/mol. The molecule has 0 radical (unpaired) electrons. The summed E-state index contributed by atoms with van der Waals surface area (Å²) in [5.74, 6) is 0.481. The topological polar surface area (TPSA) is 89.5 Å². The summed E-state index contributed by atoms with van der Waals surface area (Å²) in [5.41, 5.74) is 1.77. The molecule has 0 bridgehead atoms. The maximum absolute atomic E-state index is 13.2. The number of likely N-dealkylation sites (tertiary alicyclic amines) is 1. The number of hydrogen-bond acceptors (Lipinski definition) is 3. The lowest BCUT2D eigenvalue weighted by Gasteiger charge is -2.33. The molecule has 3 rings (SSSR count). The second kappa shape index (κ2) is 7.26. The minimum atomic E-state index is -1.10. The van der Waals surface area contributed by atoms with Crippen LogP contribution in [0.1, 0.15) is 38.6 Å². The van der Waals surface area contributed by atoms with E-state index in [4.69, 9.17) is 0 Å². The first-order valence-corrected chi connectivity index (χ1v) is 9.50. The molecule has 0 spiro atoms. The van der Waals surface area contributed by atoms with Gasteiger partial charge in [-0.05, 0) is 37.0 Å². The van der Waals surface area contributed by atoms with Gasteiger partial charge in [0.2, 0.25) is 5.91 Å². The van der Waals surface area contributed by atoms with Crippen LogP contribution in [0.5, 0.6) is 0 Å². The highest BCUT2D eigenvalue weighted by atomic mass is 79.9. The van der Waals surface area contributed by atoms with Crippen LogP contribution >= 0.6 is 15.9 Å². The molecule has 2 atom stereocenters. The van der Waals surface area contributed by atoms with E-state index in [0.717, 1.165) is 39.1 Å². The predicted molar refractivity (Wildman–Crippen MR) is 102 cm³/mol. The molecule has 1 aliphatic heterocycles. The Morgan fingerprint density at radius 2 is 2.15 bits per heavy atom. The SMILES string of the molecule is CC(C)[C@@H](C(=O)N1CCC[C@H]1c1nc2ccc(Br)cc2[nH]1)N(C)C(=O)O. The summed E-state index contributed by atoms with van der Waals surface area (Å²) >= 11 is 3.45. The zero-order valence-electron chi connectivity index (χ0n) is 15.1. The molecule has 0 saturated carbocycles. The maximum atomic E-state index is 13.2.